The molecule has 0 atom stereocenters. The zero-order valence-electron chi connectivity index (χ0n) is 17.3. The molecular formula is C23H26N4O2S. The van der Waals surface area contributed by atoms with Gasteiger partial charge in [-0.1, -0.05) is 35.9 Å². The van der Waals surface area contributed by atoms with Crippen molar-refractivity contribution in [1.29, 1.82) is 0 Å². The molecular weight excluding hydrogens is 396 g/mol. The first-order valence-corrected chi connectivity index (χ1v) is 10.9. The Kier molecular flexibility index (Phi) is 6.30. The first kappa shape index (κ1) is 20.4. The highest BCUT2D eigenvalue weighted by Gasteiger charge is 2.20. The van der Waals surface area contributed by atoms with Crippen molar-refractivity contribution in [3.05, 3.63) is 59.5 Å². The predicted molar refractivity (Wildman–Crippen MR) is 123 cm³/mol. The minimum atomic E-state index is -0.0189. The van der Waals surface area contributed by atoms with E-state index in [1.807, 2.05) is 17.5 Å². The van der Waals surface area contributed by atoms with Gasteiger partial charge in [0, 0.05) is 48.9 Å². The summed E-state index contributed by atoms with van der Waals surface area (Å²) in [6, 6.07) is 16.3. The average molecular weight is 423 g/mol. The number of carbonyl (C=O) groups is 1. The number of aromatic nitrogens is 1. The maximum atomic E-state index is 12.5. The normalized spacial score (nSPS) is 14.5. The molecule has 1 saturated heterocycles. The lowest BCUT2D eigenvalue weighted by Crippen LogP contribution is -2.48. The molecule has 0 saturated carbocycles. The molecule has 2 heterocycles. The van der Waals surface area contributed by atoms with Crippen LogP contribution in [0.3, 0.4) is 0 Å². The molecule has 0 aliphatic carbocycles. The number of hydrogen-bond donors (Lipinski definition) is 1. The summed E-state index contributed by atoms with van der Waals surface area (Å²) in [5.74, 6) is 0.845. The minimum absolute atomic E-state index is 0.0189. The number of nitrogens with zero attached hydrogens (tertiary/aromatic N) is 3. The third kappa shape index (κ3) is 4.98. The lowest BCUT2D eigenvalue weighted by Gasteiger charge is -2.35. The van der Waals surface area contributed by atoms with Crippen LogP contribution in [0.4, 0.5) is 10.8 Å². The first-order chi connectivity index (χ1) is 14.6. The quantitative estimate of drug-likeness (QED) is 0.653. The Bertz CT molecular complexity index is 994. The van der Waals surface area contributed by atoms with Gasteiger partial charge >= 0.3 is 0 Å². The van der Waals surface area contributed by atoms with Crippen LogP contribution in [0.5, 0.6) is 5.75 Å². The van der Waals surface area contributed by atoms with Crippen molar-refractivity contribution in [1.82, 2.24) is 9.88 Å². The highest BCUT2D eigenvalue weighted by Crippen LogP contribution is 2.25. The minimum Gasteiger partial charge on any atom is -0.497 e. The summed E-state index contributed by atoms with van der Waals surface area (Å²) < 4.78 is 5.32. The molecule has 1 amide bonds. The molecule has 0 radical (unpaired) electrons. The average Bonchev–Trinajstić information content (AvgIpc) is 3.23. The number of ether oxygens (including phenoxy) is 1. The fourth-order valence-corrected chi connectivity index (χ4v) is 4.26. The van der Waals surface area contributed by atoms with Gasteiger partial charge in [0.2, 0.25) is 5.91 Å². The number of rotatable bonds is 6. The summed E-state index contributed by atoms with van der Waals surface area (Å²) in [7, 11) is 1.68. The van der Waals surface area contributed by atoms with E-state index in [1.165, 1.54) is 16.9 Å². The smallest absolute Gasteiger partial charge is 0.240 e. The van der Waals surface area contributed by atoms with Crippen molar-refractivity contribution in [3.63, 3.8) is 0 Å². The van der Waals surface area contributed by atoms with Crippen LogP contribution in [0.2, 0.25) is 0 Å². The molecule has 2 aromatic carbocycles. The number of amides is 1. The molecule has 1 N–H and O–H groups in total. The molecule has 3 aromatic rings. The summed E-state index contributed by atoms with van der Waals surface area (Å²) in [6.45, 7) is 5.90. The number of anilines is 2. The molecule has 6 nitrogen and oxygen atoms in total. The van der Waals surface area contributed by atoms with Gasteiger partial charge in [-0.05, 0) is 19.1 Å². The number of thiazole rings is 1. The third-order valence-corrected chi connectivity index (χ3v) is 6.01. The number of aryl methyl sites for hydroxylation is 1. The fraction of sp³-hybridized carbons (Fsp3) is 0.304. The van der Waals surface area contributed by atoms with E-state index >= 15 is 0 Å². The van der Waals surface area contributed by atoms with Crippen molar-refractivity contribution in [2.24, 2.45) is 0 Å². The van der Waals surface area contributed by atoms with E-state index in [2.05, 4.69) is 63.4 Å². The van der Waals surface area contributed by atoms with Crippen LogP contribution in [0.25, 0.3) is 11.3 Å². The van der Waals surface area contributed by atoms with E-state index in [0.29, 0.717) is 11.7 Å². The van der Waals surface area contributed by atoms with Crippen molar-refractivity contribution in [2.45, 2.75) is 6.92 Å². The molecule has 0 unspecified atom stereocenters. The van der Waals surface area contributed by atoms with Crippen molar-refractivity contribution in [3.8, 4) is 17.0 Å². The lowest BCUT2D eigenvalue weighted by molar-refractivity contribution is -0.117. The Balaban J connectivity index is 1.27. The monoisotopic (exact) mass is 422 g/mol. The first-order valence-electron chi connectivity index (χ1n) is 10.0. The zero-order valence-corrected chi connectivity index (χ0v) is 18.1. The van der Waals surface area contributed by atoms with E-state index in [0.717, 1.165) is 48.9 Å². The van der Waals surface area contributed by atoms with Crippen LogP contribution in [0, 0.1) is 6.92 Å². The Morgan fingerprint density at radius 3 is 2.63 bits per heavy atom. The van der Waals surface area contributed by atoms with Gasteiger partial charge in [0.15, 0.2) is 5.13 Å². The van der Waals surface area contributed by atoms with Gasteiger partial charge in [-0.3, -0.25) is 9.69 Å². The Morgan fingerprint density at radius 1 is 1.13 bits per heavy atom. The molecule has 7 heteroatoms. The molecule has 1 aliphatic heterocycles. The maximum Gasteiger partial charge on any atom is 0.240 e. The van der Waals surface area contributed by atoms with Crippen LogP contribution in [-0.4, -0.2) is 55.6 Å². The number of carbonyl (C=O) groups excluding carboxylic acids is 1. The summed E-state index contributed by atoms with van der Waals surface area (Å²) in [5.41, 5.74) is 4.33. The number of piperazine rings is 1. The SMILES string of the molecule is COc1cccc(N2CCN(CC(=O)Nc3nc(-c4ccc(C)cc4)cs3)CC2)c1. The van der Waals surface area contributed by atoms with E-state index in [1.54, 1.807) is 7.11 Å². The second-order valence-electron chi connectivity index (χ2n) is 7.42. The molecule has 1 fully saturated rings. The highest BCUT2D eigenvalue weighted by atomic mass is 32.1. The van der Waals surface area contributed by atoms with E-state index in [4.69, 9.17) is 4.74 Å². The van der Waals surface area contributed by atoms with E-state index < -0.39 is 0 Å². The predicted octanol–water partition coefficient (Wildman–Crippen LogP) is 3.89. The Morgan fingerprint density at radius 2 is 1.90 bits per heavy atom. The van der Waals surface area contributed by atoms with Crippen LogP contribution < -0.4 is 15.0 Å². The summed E-state index contributed by atoms with van der Waals surface area (Å²) in [6.07, 6.45) is 0. The lowest BCUT2D eigenvalue weighted by atomic mass is 10.1. The van der Waals surface area contributed by atoms with E-state index in [9.17, 15) is 4.79 Å². The second-order valence-corrected chi connectivity index (χ2v) is 8.27. The molecule has 1 aliphatic rings. The topological polar surface area (TPSA) is 57.7 Å². The number of methoxy groups -OCH3 is 1. The van der Waals surface area contributed by atoms with Gasteiger partial charge in [0.25, 0.3) is 0 Å². The molecule has 1 aromatic heterocycles. The molecule has 30 heavy (non-hydrogen) atoms. The largest absolute Gasteiger partial charge is 0.497 e. The molecule has 156 valence electrons. The number of hydrogen-bond acceptors (Lipinski definition) is 6. The van der Waals surface area contributed by atoms with Gasteiger partial charge < -0.3 is 15.0 Å². The zero-order chi connectivity index (χ0) is 20.9. The van der Waals surface area contributed by atoms with Gasteiger partial charge in [-0.2, -0.15) is 0 Å². The van der Waals surface area contributed by atoms with Gasteiger partial charge in [-0.15, -0.1) is 11.3 Å². The highest BCUT2D eigenvalue weighted by molar-refractivity contribution is 7.14. The molecule has 0 bridgehead atoms. The van der Waals surface area contributed by atoms with Crippen molar-refractivity contribution < 1.29 is 9.53 Å². The summed E-state index contributed by atoms with van der Waals surface area (Å²) >= 11 is 1.46. The fourth-order valence-electron chi connectivity index (χ4n) is 3.52. The summed E-state index contributed by atoms with van der Waals surface area (Å²) in [5, 5.41) is 5.57. The summed E-state index contributed by atoms with van der Waals surface area (Å²) in [4.78, 5) is 21.6. The molecule has 4 rings (SSSR count). The second kappa shape index (κ2) is 9.28. The number of benzene rings is 2. The Hall–Kier alpha value is -2.90. The Labute approximate surface area is 181 Å². The van der Waals surface area contributed by atoms with Crippen LogP contribution >= 0.6 is 11.3 Å². The van der Waals surface area contributed by atoms with Gasteiger partial charge in [0.05, 0.1) is 19.3 Å². The van der Waals surface area contributed by atoms with Crippen molar-refractivity contribution in [2.75, 3.05) is 50.1 Å². The van der Waals surface area contributed by atoms with Crippen LogP contribution in [-0.2, 0) is 4.79 Å². The van der Waals surface area contributed by atoms with Crippen molar-refractivity contribution >= 4 is 28.1 Å². The van der Waals surface area contributed by atoms with Gasteiger partial charge in [0.1, 0.15) is 5.75 Å². The maximum absolute atomic E-state index is 12.5. The van der Waals surface area contributed by atoms with Crippen LogP contribution in [0.15, 0.2) is 53.9 Å². The molecule has 0 spiro atoms. The standard InChI is InChI=1S/C23H26N4O2S/c1-17-6-8-18(9-7-17)21-16-30-23(24-21)25-22(28)15-26-10-12-27(13-11-26)19-4-3-5-20(14-19)29-2/h3-9,14,16H,10-13,15H2,1-2H3,(H,24,25,28). The van der Waals surface area contributed by atoms with E-state index in [-0.39, 0.29) is 5.91 Å². The van der Waals surface area contributed by atoms with Gasteiger partial charge in [-0.25, -0.2) is 4.98 Å². The van der Waals surface area contributed by atoms with Crippen LogP contribution in [0.1, 0.15) is 5.56 Å². The third-order valence-electron chi connectivity index (χ3n) is 5.26. The number of nitrogens with one attached hydrogen (secondary N) is 1.